The second kappa shape index (κ2) is 16.8. The zero-order valence-corrected chi connectivity index (χ0v) is 32.3. The molecule has 1 saturated heterocycles. The number of likely N-dealkylation sites (tertiary alicyclic amines) is 1. The number of hydrogen-bond donors (Lipinski definition) is 5. The fourth-order valence-electron chi connectivity index (χ4n) is 6.77. The number of phenolic OH excluding ortho intramolecular Hbond substituents is 1. The lowest BCUT2D eigenvalue weighted by atomic mass is 9.85. The van der Waals surface area contributed by atoms with Gasteiger partial charge in [-0.05, 0) is 65.6 Å². The Labute approximate surface area is 324 Å². The van der Waals surface area contributed by atoms with E-state index in [2.05, 4.69) is 25.8 Å². The molecule has 2 aromatic heterocycles. The zero-order valence-electron chi connectivity index (χ0n) is 31.5. The molecule has 0 bridgehead atoms. The number of hydrogen-bond acceptors (Lipinski definition) is 10. The molecule has 3 aromatic carbocycles. The lowest BCUT2D eigenvalue weighted by molar-refractivity contribution is -0.144. The molecule has 286 valence electrons. The van der Waals surface area contributed by atoms with Crippen molar-refractivity contribution in [1.29, 1.82) is 0 Å². The van der Waals surface area contributed by atoms with Crippen molar-refractivity contribution in [1.82, 2.24) is 30.7 Å². The Bertz CT molecular complexity index is 2150. The topological polar surface area (TPSA) is 184 Å². The SMILES string of the molecule is Cc1ncsc1-c1ccc(CNC(=O)[C@@H]2C[C@@H](O)CN2C(=O)[C@@H](NC(=O)CCCc2ccc(-c3cc(-c4ccccc4O)nnc3N)cc2)C(C)(C)C)cc1. The molecule has 0 aliphatic carbocycles. The van der Waals surface area contributed by atoms with E-state index in [1.54, 1.807) is 35.6 Å². The van der Waals surface area contributed by atoms with Crippen molar-refractivity contribution >= 4 is 34.9 Å². The van der Waals surface area contributed by atoms with Crippen LogP contribution >= 0.6 is 11.3 Å². The van der Waals surface area contributed by atoms with Crippen LogP contribution in [0, 0.1) is 12.3 Å². The van der Waals surface area contributed by atoms with Crippen molar-refractivity contribution in [2.45, 2.75) is 78.1 Å². The van der Waals surface area contributed by atoms with Gasteiger partial charge < -0.3 is 31.5 Å². The zero-order chi connectivity index (χ0) is 39.3. The molecule has 1 aliphatic rings. The summed E-state index contributed by atoms with van der Waals surface area (Å²) in [4.78, 5) is 47.5. The number of benzene rings is 3. The number of nitrogens with two attached hydrogens (primary N) is 1. The lowest BCUT2D eigenvalue weighted by Gasteiger charge is -2.35. The van der Waals surface area contributed by atoms with Crippen LogP contribution in [0.5, 0.6) is 5.75 Å². The number of amides is 3. The Morgan fingerprint density at radius 2 is 1.65 bits per heavy atom. The Hall–Kier alpha value is -5.66. The van der Waals surface area contributed by atoms with Crippen molar-refractivity contribution < 1.29 is 24.6 Å². The molecule has 3 heterocycles. The maximum absolute atomic E-state index is 14.0. The molecule has 0 radical (unpaired) electrons. The predicted molar refractivity (Wildman–Crippen MR) is 214 cm³/mol. The Kier molecular flexibility index (Phi) is 11.9. The first-order valence-corrected chi connectivity index (χ1v) is 19.2. The minimum atomic E-state index is -0.898. The van der Waals surface area contributed by atoms with E-state index in [0.717, 1.165) is 32.8 Å². The third-order valence-electron chi connectivity index (χ3n) is 9.85. The molecule has 13 heteroatoms. The third kappa shape index (κ3) is 9.35. The van der Waals surface area contributed by atoms with Gasteiger partial charge in [-0.25, -0.2) is 4.98 Å². The maximum atomic E-state index is 14.0. The fraction of sp³-hybridized carbons (Fsp3) is 0.333. The van der Waals surface area contributed by atoms with Crippen LogP contribution in [-0.4, -0.2) is 72.7 Å². The second-order valence-electron chi connectivity index (χ2n) is 15.0. The van der Waals surface area contributed by atoms with Gasteiger partial charge in [0.15, 0.2) is 5.82 Å². The van der Waals surface area contributed by atoms with E-state index in [0.29, 0.717) is 29.7 Å². The monoisotopic (exact) mass is 761 g/mol. The molecule has 6 rings (SSSR count). The molecular weight excluding hydrogens is 715 g/mol. The number of rotatable bonds is 12. The molecule has 1 aliphatic heterocycles. The minimum absolute atomic E-state index is 0.00943. The average Bonchev–Trinajstić information content (AvgIpc) is 3.78. The predicted octanol–water partition coefficient (Wildman–Crippen LogP) is 5.66. The number of nitrogen functional groups attached to an aromatic ring is 1. The summed E-state index contributed by atoms with van der Waals surface area (Å²) in [6, 6.07) is 22.6. The van der Waals surface area contributed by atoms with Crippen molar-refractivity contribution in [2.24, 2.45) is 5.41 Å². The van der Waals surface area contributed by atoms with E-state index < -0.39 is 29.5 Å². The number of nitrogens with zero attached hydrogens (tertiary/aromatic N) is 4. The molecule has 1 fully saturated rings. The summed E-state index contributed by atoms with van der Waals surface area (Å²) in [5.41, 5.74) is 13.9. The van der Waals surface area contributed by atoms with Gasteiger partial charge in [-0.3, -0.25) is 14.4 Å². The molecule has 5 aromatic rings. The Morgan fingerprint density at radius 1 is 0.964 bits per heavy atom. The number of nitrogens with one attached hydrogen (secondary N) is 2. The summed E-state index contributed by atoms with van der Waals surface area (Å²) in [7, 11) is 0. The number of aliphatic hydroxyl groups is 1. The number of aromatic nitrogens is 3. The summed E-state index contributed by atoms with van der Waals surface area (Å²) in [6.45, 7) is 7.85. The molecule has 0 saturated carbocycles. The van der Waals surface area contributed by atoms with E-state index in [4.69, 9.17) is 5.73 Å². The van der Waals surface area contributed by atoms with Gasteiger partial charge in [0.1, 0.15) is 17.8 Å². The van der Waals surface area contributed by atoms with Crippen molar-refractivity contribution in [3.05, 3.63) is 101 Å². The number of phenols is 1. The molecule has 12 nitrogen and oxygen atoms in total. The number of aromatic hydroxyl groups is 1. The average molecular weight is 762 g/mol. The summed E-state index contributed by atoms with van der Waals surface area (Å²) >= 11 is 1.58. The van der Waals surface area contributed by atoms with Crippen LogP contribution in [0.15, 0.2) is 84.4 Å². The van der Waals surface area contributed by atoms with Crippen LogP contribution in [0.2, 0.25) is 0 Å². The Morgan fingerprint density at radius 3 is 2.33 bits per heavy atom. The highest BCUT2D eigenvalue weighted by molar-refractivity contribution is 7.13. The Balaban J connectivity index is 1.03. The summed E-state index contributed by atoms with van der Waals surface area (Å²) in [5.74, 6) is -0.645. The number of carbonyl (C=O) groups excluding carboxylic acids is 3. The normalized spacial score (nSPS) is 16.1. The fourth-order valence-corrected chi connectivity index (χ4v) is 7.58. The van der Waals surface area contributed by atoms with Gasteiger partial charge in [0.25, 0.3) is 0 Å². The first-order valence-electron chi connectivity index (χ1n) is 18.3. The van der Waals surface area contributed by atoms with Gasteiger partial charge in [0, 0.05) is 37.1 Å². The standard InChI is InChI=1S/C42H47N7O5S/c1-25-37(55-24-45-25)29-18-14-27(15-19-29)22-44-40(53)34-20-30(50)23-49(34)41(54)38(42(2,3)4)46-36(52)11-7-8-26-12-16-28(17-13-26)32-21-33(47-48-39(32)43)31-9-5-6-10-35(31)51/h5-6,9-10,12-19,21,24,30,34,38,50-51H,7-8,11,20,22-23H2,1-4H3,(H2,43,48)(H,44,53)(H,46,52)/t30-,34+,38-/m1/s1. The van der Waals surface area contributed by atoms with E-state index in [9.17, 15) is 24.6 Å². The molecule has 0 unspecified atom stereocenters. The first kappa shape index (κ1) is 39.0. The highest BCUT2D eigenvalue weighted by Crippen LogP contribution is 2.33. The van der Waals surface area contributed by atoms with Gasteiger partial charge in [-0.15, -0.1) is 21.5 Å². The summed E-state index contributed by atoms with van der Waals surface area (Å²) < 4.78 is 0. The third-order valence-corrected chi connectivity index (χ3v) is 10.8. The number of aliphatic hydroxyl groups excluding tert-OH is 1. The van der Waals surface area contributed by atoms with Crippen LogP contribution < -0.4 is 16.4 Å². The van der Waals surface area contributed by atoms with Crippen LogP contribution in [0.4, 0.5) is 5.82 Å². The number of carbonyl (C=O) groups is 3. The van der Waals surface area contributed by atoms with Crippen LogP contribution in [0.1, 0.15) is 56.9 Å². The second-order valence-corrected chi connectivity index (χ2v) is 15.9. The smallest absolute Gasteiger partial charge is 0.246 e. The van der Waals surface area contributed by atoms with Crippen LogP contribution in [-0.2, 0) is 27.3 Å². The molecule has 55 heavy (non-hydrogen) atoms. The number of aryl methyl sites for hydroxylation is 2. The van der Waals surface area contributed by atoms with Crippen LogP contribution in [0.3, 0.4) is 0 Å². The lowest BCUT2D eigenvalue weighted by Crippen LogP contribution is -2.57. The first-order chi connectivity index (χ1) is 26.3. The highest BCUT2D eigenvalue weighted by atomic mass is 32.1. The number of thiazole rings is 1. The molecule has 3 atom stereocenters. The number of β-amino-alcohol motifs (C(OH)–C–C–N with tert-alkyl or cyclic N) is 1. The van der Waals surface area contributed by atoms with Crippen molar-refractivity contribution in [3.63, 3.8) is 0 Å². The van der Waals surface area contributed by atoms with Gasteiger partial charge >= 0.3 is 0 Å². The highest BCUT2D eigenvalue weighted by Gasteiger charge is 2.44. The van der Waals surface area contributed by atoms with Crippen LogP contribution in [0.25, 0.3) is 32.8 Å². The van der Waals surface area contributed by atoms with E-state index in [1.807, 2.05) is 87.8 Å². The van der Waals surface area contributed by atoms with Crippen molar-refractivity contribution in [2.75, 3.05) is 12.3 Å². The summed E-state index contributed by atoms with van der Waals surface area (Å²) in [6.07, 6.45) is 0.636. The summed E-state index contributed by atoms with van der Waals surface area (Å²) in [5, 5.41) is 35.0. The minimum Gasteiger partial charge on any atom is -0.507 e. The van der Waals surface area contributed by atoms with Gasteiger partial charge in [0.2, 0.25) is 17.7 Å². The van der Waals surface area contributed by atoms with Gasteiger partial charge in [0.05, 0.1) is 27.9 Å². The number of para-hydroxylation sites is 1. The van der Waals surface area contributed by atoms with Gasteiger partial charge in [-0.2, -0.15) is 0 Å². The molecule has 6 N–H and O–H groups in total. The van der Waals surface area contributed by atoms with Gasteiger partial charge in [-0.1, -0.05) is 81.4 Å². The quantitative estimate of drug-likeness (QED) is 0.107. The molecule has 0 spiro atoms. The van der Waals surface area contributed by atoms with E-state index in [1.165, 1.54) is 4.90 Å². The number of anilines is 1. The largest absolute Gasteiger partial charge is 0.507 e. The van der Waals surface area contributed by atoms with E-state index in [-0.39, 0.29) is 49.3 Å². The van der Waals surface area contributed by atoms with Crippen molar-refractivity contribution in [3.8, 4) is 38.6 Å². The van der Waals surface area contributed by atoms with E-state index >= 15 is 0 Å². The molecule has 3 amide bonds. The molecular formula is C42H47N7O5S. The maximum Gasteiger partial charge on any atom is 0.246 e.